The SMILES string of the molecule is CCN(C(=O)Cn1cncn1)c1cccc(O)c1. The number of rotatable bonds is 4. The first-order valence-corrected chi connectivity index (χ1v) is 5.62. The monoisotopic (exact) mass is 246 g/mol. The van der Waals surface area contributed by atoms with Crippen molar-refractivity contribution in [2.24, 2.45) is 0 Å². The van der Waals surface area contributed by atoms with Crippen molar-refractivity contribution in [3.8, 4) is 5.75 Å². The van der Waals surface area contributed by atoms with Crippen molar-refractivity contribution < 1.29 is 9.90 Å². The van der Waals surface area contributed by atoms with E-state index in [1.807, 2.05) is 6.92 Å². The number of anilines is 1. The van der Waals surface area contributed by atoms with Crippen molar-refractivity contribution in [2.75, 3.05) is 11.4 Å². The van der Waals surface area contributed by atoms with Crippen molar-refractivity contribution >= 4 is 11.6 Å². The van der Waals surface area contributed by atoms with Crippen LogP contribution in [0.5, 0.6) is 5.75 Å². The van der Waals surface area contributed by atoms with Gasteiger partial charge in [0.1, 0.15) is 24.9 Å². The molecule has 0 saturated carbocycles. The van der Waals surface area contributed by atoms with E-state index < -0.39 is 0 Å². The maximum Gasteiger partial charge on any atom is 0.248 e. The van der Waals surface area contributed by atoms with Gasteiger partial charge in [-0.3, -0.25) is 4.79 Å². The van der Waals surface area contributed by atoms with E-state index in [0.29, 0.717) is 12.2 Å². The standard InChI is InChI=1S/C12H14N4O2/c1-2-16(10-4-3-5-11(17)6-10)12(18)7-15-9-13-8-14-15/h3-6,8-9,17H,2,7H2,1H3. The molecule has 0 aliphatic heterocycles. The molecular formula is C12H14N4O2. The summed E-state index contributed by atoms with van der Waals surface area (Å²) in [6.45, 7) is 2.53. The Morgan fingerprint density at radius 1 is 1.50 bits per heavy atom. The van der Waals surface area contributed by atoms with Gasteiger partial charge < -0.3 is 10.0 Å². The summed E-state index contributed by atoms with van der Waals surface area (Å²) in [5, 5.41) is 13.3. The summed E-state index contributed by atoms with van der Waals surface area (Å²) in [4.78, 5) is 17.5. The molecule has 0 bridgehead atoms. The van der Waals surface area contributed by atoms with Gasteiger partial charge in [-0.25, -0.2) is 9.67 Å². The fourth-order valence-electron chi connectivity index (χ4n) is 1.70. The van der Waals surface area contributed by atoms with Gasteiger partial charge in [-0.15, -0.1) is 0 Å². The summed E-state index contributed by atoms with van der Waals surface area (Å²) < 4.78 is 1.47. The lowest BCUT2D eigenvalue weighted by Gasteiger charge is -2.21. The lowest BCUT2D eigenvalue weighted by molar-refractivity contribution is -0.119. The number of hydrogen-bond acceptors (Lipinski definition) is 4. The highest BCUT2D eigenvalue weighted by atomic mass is 16.3. The third kappa shape index (κ3) is 2.65. The summed E-state index contributed by atoms with van der Waals surface area (Å²) in [7, 11) is 0. The Bertz CT molecular complexity index is 525. The molecule has 1 aromatic carbocycles. The van der Waals surface area contributed by atoms with Gasteiger partial charge >= 0.3 is 0 Å². The molecule has 0 aliphatic rings. The van der Waals surface area contributed by atoms with Crippen LogP contribution < -0.4 is 4.90 Å². The van der Waals surface area contributed by atoms with Gasteiger partial charge in [0.05, 0.1) is 0 Å². The Morgan fingerprint density at radius 2 is 2.33 bits per heavy atom. The predicted octanol–water partition coefficient (Wildman–Crippen LogP) is 1.04. The lowest BCUT2D eigenvalue weighted by Crippen LogP contribution is -2.33. The first kappa shape index (κ1) is 12.1. The molecule has 0 saturated heterocycles. The third-order valence-electron chi connectivity index (χ3n) is 2.52. The Kier molecular flexibility index (Phi) is 3.57. The number of phenolic OH excluding ortho intramolecular Hbond substituents is 1. The van der Waals surface area contributed by atoms with Crippen molar-refractivity contribution in [1.29, 1.82) is 0 Å². The van der Waals surface area contributed by atoms with Crippen molar-refractivity contribution in [3.05, 3.63) is 36.9 Å². The Balaban J connectivity index is 2.15. The molecule has 94 valence electrons. The number of phenols is 1. The number of hydrogen-bond donors (Lipinski definition) is 1. The average Bonchev–Trinajstić information content (AvgIpc) is 2.83. The molecule has 0 aliphatic carbocycles. The summed E-state index contributed by atoms with van der Waals surface area (Å²) >= 11 is 0. The van der Waals surface area contributed by atoms with Gasteiger partial charge in [0.25, 0.3) is 0 Å². The van der Waals surface area contributed by atoms with Crippen molar-refractivity contribution in [2.45, 2.75) is 13.5 Å². The first-order valence-electron chi connectivity index (χ1n) is 5.62. The Morgan fingerprint density at radius 3 is 2.94 bits per heavy atom. The number of likely N-dealkylation sites (N-methyl/N-ethyl adjacent to an activating group) is 1. The zero-order chi connectivity index (χ0) is 13.0. The molecule has 6 nitrogen and oxygen atoms in total. The molecule has 0 radical (unpaired) electrons. The molecule has 18 heavy (non-hydrogen) atoms. The maximum absolute atomic E-state index is 12.1. The Hall–Kier alpha value is -2.37. The number of nitrogens with zero attached hydrogens (tertiary/aromatic N) is 4. The fraction of sp³-hybridized carbons (Fsp3) is 0.250. The minimum atomic E-state index is -0.103. The number of benzene rings is 1. The van der Waals surface area contributed by atoms with Crippen LogP contribution in [-0.2, 0) is 11.3 Å². The minimum Gasteiger partial charge on any atom is -0.508 e. The normalized spacial score (nSPS) is 10.3. The van der Waals surface area contributed by atoms with Crippen molar-refractivity contribution in [1.82, 2.24) is 14.8 Å². The van der Waals surface area contributed by atoms with Crippen LogP contribution in [0, 0.1) is 0 Å². The fourth-order valence-corrected chi connectivity index (χ4v) is 1.70. The largest absolute Gasteiger partial charge is 0.508 e. The number of amides is 1. The van der Waals surface area contributed by atoms with Crippen LogP contribution in [0.2, 0.25) is 0 Å². The molecule has 1 heterocycles. The summed E-state index contributed by atoms with van der Waals surface area (Å²) in [6.07, 6.45) is 2.88. The Labute approximate surface area is 104 Å². The lowest BCUT2D eigenvalue weighted by atomic mass is 10.2. The summed E-state index contributed by atoms with van der Waals surface area (Å²) in [6, 6.07) is 6.61. The van der Waals surface area contributed by atoms with E-state index in [9.17, 15) is 9.90 Å². The quantitative estimate of drug-likeness (QED) is 0.874. The molecule has 0 spiro atoms. The molecule has 1 N–H and O–H groups in total. The van der Waals surface area contributed by atoms with E-state index in [4.69, 9.17) is 0 Å². The molecule has 1 amide bonds. The number of aromatic nitrogens is 3. The van der Waals surface area contributed by atoms with Crippen LogP contribution in [0.1, 0.15) is 6.92 Å². The van der Waals surface area contributed by atoms with Crippen LogP contribution in [0.3, 0.4) is 0 Å². The molecule has 1 aromatic heterocycles. The molecule has 0 atom stereocenters. The first-order chi connectivity index (χ1) is 8.70. The molecule has 6 heteroatoms. The third-order valence-corrected chi connectivity index (χ3v) is 2.52. The van der Waals surface area contributed by atoms with Gasteiger partial charge in [0.15, 0.2) is 0 Å². The van der Waals surface area contributed by atoms with Crippen molar-refractivity contribution in [3.63, 3.8) is 0 Å². The second-order valence-electron chi connectivity index (χ2n) is 3.75. The van der Waals surface area contributed by atoms with E-state index in [0.717, 1.165) is 0 Å². The molecule has 2 aromatic rings. The van der Waals surface area contributed by atoms with Crippen LogP contribution >= 0.6 is 0 Å². The van der Waals surface area contributed by atoms with Crippen LogP contribution in [0.25, 0.3) is 0 Å². The maximum atomic E-state index is 12.1. The average molecular weight is 246 g/mol. The summed E-state index contributed by atoms with van der Waals surface area (Å²) in [5.74, 6) is 0.0353. The minimum absolute atomic E-state index is 0.103. The van der Waals surface area contributed by atoms with Crippen LogP contribution in [-0.4, -0.2) is 32.3 Å². The smallest absolute Gasteiger partial charge is 0.248 e. The second-order valence-corrected chi connectivity index (χ2v) is 3.75. The van der Waals surface area contributed by atoms with Gasteiger partial charge in [-0.1, -0.05) is 6.07 Å². The van der Waals surface area contributed by atoms with Gasteiger partial charge in [-0.05, 0) is 19.1 Å². The highest BCUT2D eigenvalue weighted by molar-refractivity contribution is 5.93. The van der Waals surface area contributed by atoms with Gasteiger partial charge in [0, 0.05) is 18.3 Å². The molecule has 0 unspecified atom stereocenters. The zero-order valence-electron chi connectivity index (χ0n) is 10.0. The van der Waals surface area contributed by atoms with E-state index in [-0.39, 0.29) is 18.2 Å². The molecule has 2 rings (SSSR count). The number of carbonyl (C=O) groups is 1. The number of carbonyl (C=O) groups excluding carboxylic acids is 1. The highest BCUT2D eigenvalue weighted by Gasteiger charge is 2.14. The van der Waals surface area contributed by atoms with Gasteiger partial charge in [0.2, 0.25) is 5.91 Å². The highest BCUT2D eigenvalue weighted by Crippen LogP contribution is 2.20. The topological polar surface area (TPSA) is 71.2 Å². The molecule has 0 fully saturated rings. The van der Waals surface area contributed by atoms with Gasteiger partial charge in [-0.2, -0.15) is 5.10 Å². The van der Waals surface area contributed by atoms with E-state index in [1.54, 1.807) is 29.2 Å². The molecular weight excluding hydrogens is 232 g/mol. The van der Waals surface area contributed by atoms with E-state index >= 15 is 0 Å². The second kappa shape index (κ2) is 5.31. The summed E-state index contributed by atoms with van der Waals surface area (Å²) in [5.41, 5.74) is 0.669. The van der Waals surface area contributed by atoms with Crippen LogP contribution in [0.4, 0.5) is 5.69 Å². The zero-order valence-corrected chi connectivity index (χ0v) is 10.0. The number of aromatic hydroxyl groups is 1. The van der Waals surface area contributed by atoms with Crippen LogP contribution in [0.15, 0.2) is 36.9 Å². The van der Waals surface area contributed by atoms with E-state index in [2.05, 4.69) is 10.1 Å². The van der Waals surface area contributed by atoms with E-state index in [1.165, 1.54) is 17.3 Å². The predicted molar refractivity (Wildman–Crippen MR) is 66.2 cm³/mol.